The number of alkyl halides is 1. The van der Waals surface area contributed by atoms with Crippen LogP contribution in [0, 0.1) is 0 Å². The van der Waals surface area contributed by atoms with Gasteiger partial charge in [0.2, 0.25) is 0 Å². The average Bonchev–Trinajstić information content (AvgIpc) is 3.16. The van der Waals surface area contributed by atoms with Crippen molar-refractivity contribution in [3.8, 4) is 5.75 Å². The topological polar surface area (TPSA) is 118 Å². The molecule has 0 radical (unpaired) electrons. The molecule has 1 saturated heterocycles. The molecule has 0 saturated carbocycles. The Labute approximate surface area is 184 Å². The number of halogens is 1. The van der Waals surface area contributed by atoms with Crippen molar-refractivity contribution in [2.75, 3.05) is 18.9 Å². The number of nitrogens with zero attached hydrogens (tertiary/aromatic N) is 2. The van der Waals surface area contributed by atoms with Crippen LogP contribution in [0.1, 0.15) is 12.6 Å². The molecule has 0 bridgehead atoms. The van der Waals surface area contributed by atoms with Gasteiger partial charge in [0.25, 0.3) is 0 Å². The molecule has 2 aromatic carbocycles. The lowest BCUT2D eigenvalue weighted by Gasteiger charge is -2.21. The van der Waals surface area contributed by atoms with E-state index in [2.05, 4.69) is 10.1 Å². The summed E-state index contributed by atoms with van der Waals surface area (Å²) in [5.41, 5.74) is 4.80. The number of fused-ring (bicyclic) bond motifs is 1. The number of rotatable bonds is 9. The number of carbonyl (C=O) groups is 1. The van der Waals surface area contributed by atoms with Crippen molar-refractivity contribution >= 4 is 31.4 Å². The molecule has 1 aliphatic heterocycles. The van der Waals surface area contributed by atoms with Crippen molar-refractivity contribution < 1.29 is 23.0 Å². The van der Waals surface area contributed by atoms with Crippen LogP contribution in [-0.2, 0) is 14.1 Å². The molecule has 0 aliphatic carbocycles. The number of hydrogen-bond acceptors (Lipinski definition) is 8. The van der Waals surface area contributed by atoms with Crippen molar-refractivity contribution in [3.63, 3.8) is 0 Å². The number of aldehydes is 1. The van der Waals surface area contributed by atoms with E-state index in [0.717, 1.165) is 15.3 Å². The van der Waals surface area contributed by atoms with Crippen LogP contribution in [0.4, 0.5) is 10.2 Å². The fourth-order valence-electron chi connectivity index (χ4n) is 3.40. The molecule has 1 fully saturated rings. The summed E-state index contributed by atoms with van der Waals surface area (Å²) in [6.45, 7) is 0.0409. The smallest absolute Gasteiger partial charge is 0.351 e. The standard InChI is InChI=1S/C21H22FN4O5P/c22-17-12-15(30-20(17)26-10-8-19(23)25-21(26)28)13-29-32(24-9-11-27)31-18-7-3-5-14-4-1-2-6-16(14)18/h1-8,10-11,15,17,20,24H,9,12-13H2,(H2,23,25,28). The number of nitrogens with one attached hydrogen (secondary N) is 1. The lowest BCUT2D eigenvalue weighted by atomic mass is 10.1. The van der Waals surface area contributed by atoms with Gasteiger partial charge in [0.05, 0.1) is 19.3 Å². The van der Waals surface area contributed by atoms with E-state index in [9.17, 15) is 14.0 Å². The van der Waals surface area contributed by atoms with Gasteiger partial charge in [0, 0.05) is 18.0 Å². The molecule has 3 N–H and O–H groups in total. The molecule has 0 amide bonds. The van der Waals surface area contributed by atoms with Gasteiger partial charge in [-0.15, -0.1) is 0 Å². The predicted octanol–water partition coefficient (Wildman–Crippen LogP) is 2.72. The van der Waals surface area contributed by atoms with Gasteiger partial charge in [-0.25, -0.2) is 14.3 Å². The second-order valence-corrected chi connectivity index (χ2v) is 8.36. The molecule has 32 heavy (non-hydrogen) atoms. The maximum atomic E-state index is 14.6. The summed E-state index contributed by atoms with van der Waals surface area (Å²) in [7, 11) is -1.71. The highest BCUT2D eigenvalue weighted by Crippen LogP contribution is 2.40. The minimum absolute atomic E-state index is 0.0103. The third-order valence-electron chi connectivity index (χ3n) is 4.87. The van der Waals surface area contributed by atoms with E-state index < -0.39 is 32.7 Å². The first-order chi connectivity index (χ1) is 15.5. The molecular weight excluding hydrogens is 438 g/mol. The van der Waals surface area contributed by atoms with E-state index in [1.807, 2.05) is 42.5 Å². The zero-order valence-corrected chi connectivity index (χ0v) is 17.9. The van der Waals surface area contributed by atoms with Gasteiger partial charge in [-0.05, 0) is 17.5 Å². The zero-order chi connectivity index (χ0) is 22.5. The number of carbonyl (C=O) groups excluding carboxylic acids is 1. The lowest BCUT2D eigenvalue weighted by molar-refractivity contribution is -0.106. The van der Waals surface area contributed by atoms with E-state index in [1.54, 1.807) is 0 Å². The number of nitrogen functional groups attached to an aromatic ring is 1. The Hall–Kier alpha value is -2.91. The highest BCUT2D eigenvalue weighted by atomic mass is 31.2. The Balaban J connectivity index is 1.42. The Kier molecular flexibility index (Phi) is 7.06. The van der Waals surface area contributed by atoms with Gasteiger partial charge in [0.15, 0.2) is 6.23 Å². The SMILES string of the molecule is Nc1ccn(C2OC(COP(NCC=O)Oc3cccc4ccccc34)CC2F)c(=O)n1. The van der Waals surface area contributed by atoms with Crippen molar-refractivity contribution in [1.82, 2.24) is 14.6 Å². The fourth-order valence-corrected chi connectivity index (χ4v) is 4.48. The van der Waals surface area contributed by atoms with Gasteiger partial charge in [0.1, 0.15) is 24.0 Å². The Morgan fingerprint density at radius 3 is 2.91 bits per heavy atom. The van der Waals surface area contributed by atoms with Crippen LogP contribution in [0.15, 0.2) is 59.5 Å². The summed E-state index contributed by atoms with van der Waals surface area (Å²) in [5, 5.41) is 4.80. The summed E-state index contributed by atoms with van der Waals surface area (Å²) >= 11 is 0. The molecule has 1 aliphatic rings. The Morgan fingerprint density at radius 1 is 1.28 bits per heavy atom. The average molecular weight is 460 g/mol. The normalized spacial score (nSPS) is 21.5. The molecule has 4 unspecified atom stereocenters. The first-order valence-electron chi connectivity index (χ1n) is 9.95. The molecule has 9 nitrogen and oxygen atoms in total. The van der Waals surface area contributed by atoms with E-state index in [-0.39, 0.29) is 25.4 Å². The highest BCUT2D eigenvalue weighted by molar-refractivity contribution is 7.45. The number of anilines is 1. The molecule has 168 valence electrons. The fraction of sp³-hybridized carbons (Fsp3) is 0.286. The van der Waals surface area contributed by atoms with Gasteiger partial charge in [-0.1, -0.05) is 36.4 Å². The molecule has 2 heterocycles. The van der Waals surface area contributed by atoms with Gasteiger partial charge < -0.3 is 24.3 Å². The third kappa shape index (κ3) is 5.11. The number of benzene rings is 2. The largest absolute Gasteiger partial charge is 0.435 e. The second kappa shape index (κ2) is 10.1. The summed E-state index contributed by atoms with van der Waals surface area (Å²) in [4.78, 5) is 26.5. The lowest BCUT2D eigenvalue weighted by Crippen LogP contribution is -2.30. The molecule has 1 aromatic heterocycles. The molecule has 11 heteroatoms. The van der Waals surface area contributed by atoms with Crippen LogP contribution in [0.3, 0.4) is 0 Å². The maximum Gasteiger partial charge on any atom is 0.351 e. The quantitative estimate of drug-likeness (QED) is 0.370. The molecule has 4 atom stereocenters. The third-order valence-corrected chi connectivity index (χ3v) is 6.05. The first kappa shape index (κ1) is 22.3. The summed E-state index contributed by atoms with van der Waals surface area (Å²) in [6.07, 6.45) is -1.05. The maximum absolute atomic E-state index is 14.6. The van der Waals surface area contributed by atoms with Crippen LogP contribution in [0.2, 0.25) is 0 Å². The van der Waals surface area contributed by atoms with Crippen LogP contribution in [0.5, 0.6) is 5.75 Å². The molecular formula is C21H22FN4O5P. The van der Waals surface area contributed by atoms with Crippen LogP contribution in [-0.4, -0.2) is 41.3 Å². The molecule has 0 spiro atoms. The minimum Gasteiger partial charge on any atom is -0.435 e. The van der Waals surface area contributed by atoms with E-state index in [0.29, 0.717) is 12.0 Å². The zero-order valence-electron chi connectivity index (χ0n) is 17.0. The Bertz CT molecular complexity index is 1140. The highest BCUT2D eigenvalue weighted by Gasteiger charge is 2.38. The molecule has 3 aromatic rings. The second-order valence-electron chi connectivity index (χ2n) is 7.09. The summed E-state index contributed by atoms with van der Waals surface area (Å²) in [5.74, 6) is 0.651. The predicted molar refractivity (Wildman–Crippen MR) is 118 cm³/mol. The number of aromatic nitrogens is 2. The van der Waals surface area contributed by atoms with Crippen LogP contribution >= 0.6 is 8.53 Å². The van der Waals surface area contributed by atoms with E-state index in [1.165, 1.54) is 12.3 Å². The first-order valence-corrected chi connectivity index (χ1v) is 11.1. The van der Waals surface area contributed by atoms with Gasteiger partial charge in [-0.2, -0.15) is 4.98 Å². The molecule has 4 rings (SSSR count). The Morgan fingerprint density at radius 2 is 2.09 bits per heavy atom. The monoisotopic (exact) mass is 460 g/mol. The van der Waals surface area contributed by atoms with E-state index in [4.69, 9.17) is 19.5 Å². The van der Waals surface area contributed by atoms with Crippen LogP contribution in [0.25, 0.3) is 10.8 Å². The number of ether oxygens (including phenoxy) is 1. The minimum atomic E-state index is -1.71. The van der Waals surface area contributed by atoms with Crippen LogP contribution < -0.4 is 21.0 Å². The van der Waals surface area contributed by atoms with Gasteiger partial charge >= 0.3 is 14.2 Å². The van der Waals surface area contributed by atoms with Crippen molar-refractivity contribution in [2.45, 2.75) is 24.9 Å². The number of nitrogens with two attached hydrogens (primary N) is 1. The summed E-state index contributed by atoms with van der Waals surface area (Å²) < 4.78 is 33.2. The van der Waals surface area contributed by atoms with Gasteiger partial charge in [-0.3, -0.25) is 4.57 Å². The number of hydrogen-bond donors (Lipinski definition) is 2. The van der Waals surface area contributed by atoms with Crippen molar-refractivity contribution in [3.05, 3.63) is 65.2 Å². The van der Waals surface area contributed by atoms with E-state index >= 15 is 0 Å². The van der Waals surface area contributed by atoms with Crippen molar-refractivity contribution in [1.29, 1.82) is 0 Å². The van der Waals surface area contributed by atoms with Crippen molar-refractivity contribution in [2.24, 2.45) is 0 Å². The summed E-state index contributed by atoms with van der Waals surface area (Å²) in [6, 6.07) is 14.8.